The van der Waals surface area contributed by atoms with E-state index in [-0.39, 0.29) is 11.9 Å². The van der Waals surface area contributed by atoms with Gasteiger partial charge in [0.1, 0.15) is 11.8 Å². The first kappa shape index (κ1) is 14.6. The van der Waals surface area contributed by atoms with Crippen molar-refractivity contribution >= 4 is 5.91 Å². The first-order chi connectivity index (χ1) is 10.1. The van der Waals surface area contributed by atoms with Crippen LogP contribution >= 0.6 is 0 Å². The van der Waals surface area contributed by atoms with Crippen LogP contribution in [-0.4, -0.2) is 38.8 Å². The van der Waals surface area contributed by atoms with Gasteiger partial charge in [-0.15, -0.1) is 0 Å². The predicted molar refractivity (Wildman–Crippen MR) is 76.2 cm³/mol. The Balaban J connectivity index is 2.05. The van der Waals surface area contributed by atoms with Gasteiger partial charge in [0.05, 0.1) is 11.3 Å². The van der Waals surface area contributed by atoms with Crippen LogP contribution in [0.1, 0.15) is 28.7 Å². The number of nitrogens with zero attached hydrogens (tertiary/aromatic N) is 5. The molecule has 21 heavy (non-hydrogen) atoms. The lowest BCUT2D eigenvalue weighted by Gasteiger charge is -2.24. The van der Waals surface area contributed by atoms with E-state index in [9.17, 15) is 4.79 Å². The lowest BCUT2D eigenvalue weighted by molar-refractivity contribution is 0.0742. The Hall–Kier alpha value is -2.81. The van der Waals surface area contributed by atoms with Crippen molar-refractivity contribution in [2.24, 2.45) is 0 Å². The SMILES string of the molecule is C[C@H](Cc1cnccn1)N(C)C(=O)c1ccc(C#N)nc1. The number of rotatable bonds is 4. The molecule has 0 saturated heterocycles. The fraction of sp³-hybridized carbons (Fsp3) is 0.267. The van der Waals surface area contributed by atoms with E-state index in [1.165, 1.54) is 12.3 Å². The highest BCUT2D eigenvalue weighted by atomic mass is 16.2. The van der Waals surface area contributed by atoms with Crippen LogP contribution in [0.5, 0.6) is 0 Å². The Bertz CT molecular complexity index is 648. The molecule has 6 nitrogen and oxygen atoms in total. The first-order valence-corrected chi connectivity index (χ1v) is 6.50. The summed E-state index contributed by atoms with van der Waals surface area (Å²) in [4.78, 5) is 26.1. The normalized spacial score (nSPS) is 11.5. The van der Waals surface area contributed by atoms with Crippen molar-refractivity contribution in [2.45, 2.75) is 19.4 Å². The van der Waals surface area contributed by atoms with Crippen LogP contribution in [0.2, 0.25) is 0 Å². The molecule has 0 spiro atoms. The Kier molecular flexibility index (Phi) is 4.57. The van der Waals surface area contributed by atoms with E-state index < -0.39 is 0 Å². The molecule has 0 radical (unpaired) electrons. The summed E-state index contributed by atoms with van der Waals surface area (Å²) in [7, 11) is 1.74. The average molecular weight is 281 g/mol. The molecular formula is C15H15N5O. The zero-order chi connectivity index (χ0) is 15.2. The lowest BCUT2D eigenvalue weighted by Crippen LogP contribution is -2.36. The highest BCUT2D eigenvalue weighted by Crippen LogP contribution is 2.09. The molecular weight excluding hydrogens is 266 g/mol. The van der Waals surface area contributed by atoms with Crippen molar-refractivity contribution in [1.82, 2.24) is 19.9 Å². The number of likely N-dealkylation sites (N-methyl/N-ethyl adjacent to an activating group) is 1. The molecule has 0 aromatic carbocycles. The molecule has 2 heterocycles. The van der Waals surface area contributed by atoms with E-state index in [4.69, 9.17) is 5.26 Å². The molecule has 0 N–H and O–H groups in total. The summed E-state index contributed by atoms with van der Waals surface area (Å²) in [6.45, 7) is 1.95. The Labute approximate surface area is 123 Å². The van der Waals surface area contributed by atoms with Gasteiger partial charge in [-0.05, 0) is 19.1 Å². The molecule has 0 bridgehead atoms. The van der Waals surface area contributed by atoms with Crippen molar-refractivity contribution < 1.29 is 4.79 Å². The molecule has 0 fully saturated rings. The molecule has 0 aliphatic rings. The number of hydrogen-bond donors (Lipinski definition) is 0. The van der Waals surface area contributed by atoms with Gasteiger partial charge in [-0.1, -0.05) is 0 Å². The number of carbonyl (C=O) groups excluding carboxylic acids is 1. The van der Waals surface area contributed by atoms with Gasteiger partial charge in [-0.25, -0.2) is 4.98 Å². The summed E-state index contributed by atoms with van der Waals surface area (Å²) in [5.74, 6) is -0.136. The van der Waals surface area contributed by atoms with Gasteiger partial charge in [-0.2, -0.15) is 5.26 Å². The molecule has 1 atom stereocenters. The van der Waals surface area contributed by atoms with E-state index in [0.717, 1.165) is 5.69 Å². The second kappa shape index (κ2) is 6.57. The number of aromatic nitrogens is 3. The molecule has 2 rings (SSSR count). The third-order valence-electron chi connectivity index (χ3n) is 3.23. The topological polar surface area (TPSA) is 82.8 Å². The fourth-order valence-corrected chi connectivity index (χ4v) is 1.87. The standard InChI is InChI=1S/C15H15N5O/c1-11(7-14-10-17-5-6-18-14)20(2)15(21)12-3-4-13(8-16)19-9-12/h3-6,9-11H,7H2,1-2H3/t11-/m1/s1. The van der Waals surface area contributed by atoms with Gasteiger partial charge in [0.2, 0.25) is 0 Å². The van der Waals surface area contributed by atoms with Crippen LogP contribution in [0.25, 0.3) is 0 Å². The second-order valence-corrected chi connectivity index (χ2v) is 4.71. The van der Waals surface area contributed by atoms with Crippen molar-refractivity contribution in [1.29, 1.82) is 5.26 Å². The summed E-state index contributed by atoms with van der Waals surface area (Å²) in [5.41, 5.74) is 1.59. The molecule has 106 valence electrons. The van der Waals surface area contributed by atoms with Crippen LogP contribution in [0.15, 0.2) is 36.9 Å². The fourth-order valence-electron chi connectivity index (χ4n) is 1.87. The van der Waals surface area contributed by atoms with E-state index in [0.29, 0.717) is 17.7 Å². The minimum atomic E-state index is -0.136. The van der Waals surface area contributed by atoms with Gasteiger partial charge >= 0.3 is 0 Å². The Morgan fingerprint density at radius 1 is 1.33 bits per heavy atom. The summed E-state index contributed by atoms with van der Waals surface area (Å²) in [5, 5.41) is 8.71. The average Bonchev–Trinajstić information content (AvgIpc) is 2.54. The summed E-state index contributed by atoms with van der Waals surface area (Å²) in [6, 6.07) is 5.05. The smallest absolute Gasteiger partial charge is 0.255 e. The first-order valence-electron chi connectivity index (χ1n) is 6.50. The largest absolute Gasteiger partial charge is 0.339 e. The van der Waals surface area contributed by atoms with Gasteiger partial charge in [0.15, 0.2) is 0 Å². The zero-order valence-electron chi connectivity index (χ0n) is 11.9. The molecule has 2 aromatic heterocycles. The highest BCUT2D eigenvalue weighted by molar-refractivity contribution is 5.94. The Morgan fingerprint density at radius 2 is 2.14 bits per heavy atom. The van der Waals surface area contributed by atoms with Gasteiger partial charge in [-0.3, -0.25) is 14.8 Å². The molecule has 2 aromatic rings. The molecule has 0 aliphatic carbocycles. The van der Waals surface area contributed by atoms with Gasteiger partial charge < -0.3 is 4.90 Å². The van der Waals surface area contributed by atoms with Gasteiger partial charge in [0.25, 0.3) is 5.91 Å². The number of nitriles is 1. The summed E-state index contributed by atoms with van der Waals surface area (Å²) >= 11 is 0. The van der Waals surface area contributed by atoms with E-state index in [1.54, 1.807) is 36.6 Å². The molecule has 1 amide bonds. The lowest BCUT2D eigenvalue weighted by atomic mass is 10.1. The van der Waals surface area contributed by atoms with Crippen LogP contribution in [0.4, 0.5) is 0 Å². The molecule has 0 aliphatic heterocycles. The summed E-state index contributed by atoms with van der Waals surface area (Å²) < 4.78 is 0. The van der Waals surface area contributed by atoms with Crippen molar-refractivity contribution in [3.8, 4) is 6.07 Å². The minimum absolute atomic E-state index is 0.0233. The van der Waals surface area contributed by atoms with E-state index >= 15 is 0 Å². The minimum Gasteiger partial charge on any atom is -0.339 e. The van der Waals surface area contributed by atoms with Crippen LogP contribution < -0.4 is 0 Å². The third kappa shape index (κ3) is 3.60. The number of hydrogen-bond acceptors (Lipinski definition) is 5. The number of carbonyl (C=O) groups is 1. The maximum Gasteiger partial charge on any atom is 0.255 e. The molecule has 0 unspecified atom stereocenters. The Morgan fingerprint density at radius 3 is 2.71 bits per heavy atom. The predicted octanol–water partition coefficient (Wildman–Crippen LogP) is 1.45. The van der Waals surface area contributed by atoms with Crippen molar-refractivity contribution in [2.75, 3.05) is 7.05 Å². The van der Waals surface area contributed by atoms with Crippen molar-refractivity contribution in [3.63, 3.8) is 0 Å². The van der Waals surface area contributed by atoms with Crippen molar-refractivity contribution in [3.05, 3.63) is 53.9 Å². The van der Waals surface area contributed by atoms with Crippen LogP contribution in [-0.2, 0) is 6.42 Å². The zero-order valence-corrected chi connectivity index (χ0v) is 11.9. The summed E-state index contributed by atoms with van der Waals surface area (Å²) in [6.07, 6.45) is 6.99. The van der Waals surface area contributed by atoms with Crippen LogP contribution in [0.3, 0.4) is 0 Å². The second-order valence-electron chi connectivity index (χ2n) is 4.71. The third-order valence-corrected chi connectivity index (χ3v) is 3.23. The number of amides is 1. The highest BCUT2D eigenvalue weighted by Gasteiger charge is 2.18. The van der Waals surface area contributed by atoms with Crippen LogP contribution in [0, 0.1) is 11.3 Å². The van der Waals surface area contributed by atoms with E-state index in [2.05, 4.69) is 15.0 Å². The quantitative estimate of drug-likeness (QED) is 0.847. The van der Waals surface area contributed by atoms with E-state index in [1.807, 2.05) is 13.0 Å². The molecule has 0 saturated carbocycles. The molecule has 6 heteroatoms. The van der Waals surface area contributed by atoms with Gasteiger partial charge in [0, 0.05) is 44.3 Å². The monoisotopic (exact) mass is 281 g/mol. The maximum absolute atomic E-state index is 12.3. The number of pyridine rings is 1. The maximum atomic E-state index is 12.3.